The van der Waals surface area contributed by atoms with Crippen molar-refractivity contribution >= 4 is 11.8 Å². The third kappa shape index (κ3) is 2.41. The summed E-state index contributed by atoms with van der Waals surface area (Å²) in [6, 6.07) is 0.829. The van der Waals surface area contributed by atoms with Gasteiger partial charge in [0.05, 0.1) is 0 Å². The van der Waals surface area contributed by atoms with Gasteiger partial charge in [0, 0.05) is 11.3 Å². The van der Waals surface area contributed by atoms with Crippen LogP contribution in [0.25, 0.3) is 0 Å². The molecule has 2 heteroatoms. The molecule has 0 aliphatic heterocycles. The highest BCUT2D eigenvalue weighted by Gasteiger charge is 2.27. The Labute approximate surface area is 86.0 Å². The molecule has 1 N–H and O–H groups in total. The van der Waals surface area contributed by atoms with Crippen LogP contribution in [0.2, 0.25) is 0 Å². The lowest BCUT2D eigenvalue weighted by Gasteiger charge is -2.28. The van der Waals surface area contributed by atoms with E-state index in [-0.39, 0.29) is 0 Å². The molecular formula is C11H21NS. The van der Waals surface area contributed by atoms with Crippen LogP contribution >= 0.6 is 11.8 Å². The first-order valence-electron chi connectivity index (χ1n) is 5.66. The second-order valence-corrected chi connectivity index (χ2v) is 5.59. The SMILES string of the molecule is CSC1CCCC1NCC1CCC1. The van der Waals surface area contributed by atoms with Crippen LogP contribution < -0.4 is 5.32 Å². The predicted octanol–water partition coefficient (Wildman–Crippen LogP) is 2.66. The van der Waals surface area contributed by atoms with Gasteiger partial charge in [0.1, 0.15) is 0 Å². The first-order chi connectivity index (χ1) is 6.40. The molecular weight excluding hydrogens is 178 g/mol. The Morgan fingerprint density at radius 2 is 1.92 bits per heavy atom. The first-order valence-corrected chi connectivity index (χ1v) is 6.95. The second kappa shape index (κ2) is 4.70. The topological polar surface area (TPSA) is 12.0 Å². The second-order valence-electron chi connectivity index (χ2n) is 4.52. The van der Waals surface area contributed by atoms with E-state index in [0.717, 1.165) is 17.2 Å². The molecule has 13 heavy (non-hydrogen) atoms. The summed E-state index contributed by atoms with van der Waals surface area (Å²) in [6.07, 6.45) is 11.0. The van der Waals surface area contributed by atoms with Gasteiger partial charge in [0.2, 0.25) is 0 Å². The van der Waals surface area contributed by atoms with E-state index in [9.17, 15) is 0 Å². The zero-order valence-electron chi connectivity index (χ0n) is 8.59. The van der Waals surface area contributed by atoms with E-state index in [1.54, 1.807) is 0 Å². The Morgan fingerprint density at radius 3 is 2.54 bits per heavy atom. The quantitative estimate of drug-likeness (QED) is 0.747. The van der Waals surface area contributed by atoms with E-state index in [4.69, 9.17) is 0 Å². The summed E-state index contributed by atoms with van der Waals surface area (Å²) >= 11 is 2.06. The fraction of sp³-hybridized carbons (Fsp3) is 1.00. The molecule has 0 spiro atoms. The number of hydrogen-bond donors (Lipinski definition) is 1. The highest BCUT2D eigenvalue weighted by molar-refractivity contribution is 7.99. The van der Waals surface area contributed by atoms with Gasteiger partial charge < -0.3 is 5.32 Å². The molecule has 0 aromatic heterocycles. The van der Waals surface area contributed by atoms with Crippen molar-refractivity contribution in [2.75, 3.05) is 12.8 Å². The zero-order valence-corrected chi connectivity index (χ0v) is 9.41. The van der Waals surface area contributed by atoms with E-state index in [1.807, 2.05) is 0 Å². The van der Waals surface area contributed by atoms with Crippen molar-refractivity contribution in [3.8, 4) is 0 Å². The normalized spacial score (nSPS) is 34.8. The van der Waals surface area contributed by atoms with Crippen molar-refractivity contribution in [1.82, 2.24) is 5.32 Å². The highest BCUT2D eigenvalue weighted by atomic mass is 32.2. The first kappa shape index (κ1) is 9.85. The molecule has 1 nitrogen and oxygen atoms in total. The Hall–Kier alpha value is 0.310. The van der Waals surface area contributed by atoms with Gasteiger partial charge in [-0.05, 0) is 44.4 Å². The van der Waals surface area contributed by atoms with Crippen LogP contribution in [0.5, 0.6) is 0 Å². The summed E-state index contributed by atoms with van der Waals surface area (Å²) in [4.78, 5) is 0. The van der Waals surface area contributed by atoms with Crippen molar-refractivity contribution in [2.24, 2.45) is 5.92 Å². The van der Waals surface area contributed by atoms with Crippen LogP contribution in [0.1, 0.15) is 38.5 Å². The largest absolute Gasteiger partial charge is 0.313 e. The molecule has 0 amide bonds. The van der Waals surface area contributed by atoms with Crippen LogP contribution in [-0.2, 0) is 0 Å². The smallest absolute Gasteiger partial charge is 0.0198 e. The fourth-order valence-electron chi connectivity index (χ4n) is 2.46. The van der Waals surface area contributed by atoms with E-state index >= 15 is 0 Å². The summed E-state index contributed by atoms with van der Waals surface area (Å²) in [5.41, 5.74) is 0. The van der Waals surface area contributed by atoms with E-state index < -0.39 is 0 Å². The van der Waals surface area contributed by atoms with Gasteiger partial charge in [-0.15, -0.1) is 0 Å². The Bertz CT molecular complexity index is 156. The van der Waals surface area contributed by atoms with Crippen molar-refractivity contribution in [1.29, 1.82) is 0 Å². The van der Waals surface area contributed by atoms with Crippen molar-refractivity contribution in [2.45, 2.75) is 49.8 Å². The maximum absolute atomic E-state index is 3.76. The molecule has 2 aliphatic carbocycles. The van der Waals surface area contributed by atoms with E-state index in [0.29, 0.717) is 0 Å². The molecule has 0 saturated heterocycles. The number of thioether (sulfide) groups is 1. The Morgan fingerprint density at radius 1 is 1.15 bits per heavy atom. The fourth-order valence-corrected chi connectivity index (χ4v) is 3.42. The lowest BCUT2D eigenvalue weighted by Crippen LogP contribution is -2.38. The lowest BCUT2D eigenvalue weighted by atomic mass is 9.85. The Balaban J connectivity index is 1.67. The molecule has 76 valence electrons. The van der Waals surface area contributed by atoms with Gasteiger partial charge >= 0.3 is 0 Å². The molecule has 2 unspecified atom stereocenters. The van der Waals surface area contributed by atoms with Gasteiger partial charge in [-0.3, -0.25) is 0 Å². The van der Waals surface area contributed by atoms with Crippen LogP contribution in [-0.4, -0.2) is 24.1 Å². The van der Waals surface area contributed by atoms with Crippen molar-refractivity contribution in [3.05, 3.63) is 0 Å². The number of hydrogen-bond acceptors (Lipinski definition) is 2. The third-order valence-corrected chi connectivity index (χ3v) is 4.82. The lowest BCUT2D eigenvalue weighted by molar-refractivity contribution is 0.290. The van der Waals surface area contributed by atoms with E-state index in [2.05, 4.69) is 23.3 Å². The molecule has 0 heterocycles. The molecule has 2 rings (SSSR count). The molecule has 0 aromatic carbocycles. The van der Waals surface area contributed by atoms with Crippen LogP contribution in [0, 0.1) is 5.92 Å². The average molecular weight is 199 g/mol. The van der Waals surface area contributed by atoms with Gasteiger partial charge in [-0.2, -0.15) is 11.8 Å². The standard InChI is InChI=1S/C11H21NS/c1-13-11-7-3-6-10(11)12-8-9-4-2-5-9/h9-12H,2-8H2,1H3. The van der Waals surface area contributed by atoms with Gasteiger partial charge in [0.25, 0.3) is 0 Å². The monoisotopic (exact) mass is 199 g/mol. The summed E-state index contributed by atoms with van der Waals surface area (Å²) in [5, 5.41) is 4.67. The molecule has 2 saturated carbocycles. The zero-order chi connectivity index (χ0) is 9.10. The summed E-state index contributed by atoms with van der Waals surface area (Å²) in [7, 11) is 0. The molecule has 0 aromatic rings. The van der Waals surface area contributed by atoms with Gasteiger partial charge in [0.15, 0.2) is 0 Å². The molecule has 2 aliphatic rings. The average Bonchev–Trinajstić information content (AvgIpc) is 2.49. The summed E-state index contributed by atoms with van der Waals surface area (Å²) in [6.45, 7) is 1.29. The molecule has 2 fully saturated rings. The number of rotatable bonds is 4. The maximum atomic E-state index is 3.76. The summed E-state index contributed by atoms with van der Waals surface area (Å²) < 4.78 is 0. The third-order valence-electron chi connectivity index (χ3n) is 3.65. The van der Waals surface area contributed by atoms with Gasteiger partial charge in [-0.25, -0.2) is 0 Å². The summed E-state index contributed by atoms with van der Waals surface area (Å²) in [5.74, 6) is 1.02. The molecule has 0 bridgehead atoms. The Kier molecular flexibility index (Phi) is 3.56. The van der Waals surface area contributed by atoms with Crippen LogP contribution in [0.3, 0.4) is 0 Å². The van der Waals surface area contributed by atoms with Crippen LogP contribution in [0.15, 0.2) is 0 Å². The van der Waals surface area contributed by atoms with E-state index in [1.165, 1.54) is 45.1 Å². The van der Waals surface area contributed by atoms with Gasteiger partial charge in [-0.1, -0.05) is 12.8 Å². The van der Waals surface area contributed by atoms with Crippen molar-refractivity contribution < 1.29 is 0 Å². The molecule has 2 atom stereocenters. The minimum Gasteiger partial charge on any atom is -0.313 e. The minimum atomic E-state index is 0.829. The molecule has 0 radical (unpaired) electrons. The minimum absolute atomic E-state index is 0.829. The van der Waals surface area contributed by atoms with Crippen molar-refractivity contribution in [3.63, 3.8) is 0 Å². The maximum Gasteiger partial charge on any atom is 0.0198 e. The highest BCUT2D eigenvalue weighted by Crippen LogP contribution is 2.30. The number of nitrogens with one attached hydrogen (secondary N) is 1. The van der Waals surface area contributed by atoms with Crippen LogP contribution in [0.4, 0.5) is 0 Å². The predicted molar refractivity (Wildman–Crippen MR) is 60.3 cm³/mol.